The summed E-state index contributed by atoms with van der Waals surface area (Å²) in [6.45, 7) is 28.1. The van der Waals surface area contributed by atoms with Gasteiger partial charge in [-0.05, 0) is 243 Å². The Balaban J connectivity index is 0.661. The molecule has 0 heteroatoms. The van der Waals surface area contributed by atoms with E-state index in [0.717, 1.165) is 0 Å². The molecule has 4 aliphatic carbocycles. The number of rotatable bonds is 7. The van der Waals surface area contributed by atoms with Gasteiger partial charge < -0.3 is 0 Å². The Morgan fingerprint density at radius 3 is 0.534 bits per heavy atom. The monoisotopic (exact) mass is 1130 g/mol. The fraction of sp³-hybridized carbons (Fsp3) is 0.182. The molecule has 0 saturated heterocycles. The van der Waals surface area contributed by atoms with Crippen LogP contribution in [-0.2, 0) is 21.7 Å². The summed E-state index contributed by atoms with van der Waals surface area (Å²) in [6, 6.07) is 89.3. The molecular weight excluding hydrogens is 1060 g/mol. The summed E-state index contributed by atoms with van der Waals surface area (Å²) >= 11 is 0. The third kappa shape index (κ3) is 8.10. The highest BCUT2D eigenvalue weighted by atomic mass is 14.4. The van der Waals surface area contributed by atoms with Gasteiger partial charge in [0.2, 0.25) is 0 Å². The Morgan fingerprint density at radius 1 is 0.159 bits per heavy atom. The Labute approximate surface area is 521 Å². The number of fused-ring (bicyclic) bond motifs is 12. The van der Waals surface area contributed by atoms with E-state index in [1.807, 2.05) is 0 Å². The van der Waals surface area contributed by atoms with E-state index in [1.165, 1.54) is 189 Å². The van der Waals surface area contributed by atoms with Gasteiger partial charge in [-0.1, -0.05) is 260 Å². The van der Waals surface area contributed by atoms with Crippen molar-refractivity contribution in [2.75, 3.05) is 0 Å². The molecule has 0 amide bonds. The summed E-state index contributed by atoms with van der Waals surface area (Å²) in [6.07, 6.45) is 0. The molecule has 12 aromatic rings. The Bertz CT molecular complexity index is 4650. The second-order valence-electron chi connectivity index (χ2n) is 28.4. The van der Waals surface area contributed by atoms with Gasteiger partial charge in [0, 0.05) is 21.7 Å². The highest BCUT2D eigenvalue weighted by molar-refractivity contribution is 5.94. The third-order valence-electron chi connectivity index (χ3n) is 21.2. The van der Waals surface area contributed by atoms with Crippen molar-refractivity contribution in [3.63, 3.8) is 0 Å². The predicted molar refractivity (Wildman–Crippen MR) is 374 cm³/mol. The summed E-state index contributed by atoms with van der Waals surface area (Å²) in [7, 11) is 0. The molecule has 16 rings (SSSR count). The molecule has 0 N–H and O–H groups in total. The maximum atomic E-state index is 2.49. The van der Waals surface area contributed by atoms with Crippen molar-refractivity contribution >= 4 is 0 Å². The molecule has 0 saturated carbocycles. The van der Waals surface area contributed by atoms with Gasteiger partial charge in [-0.3, -0.25) is 0 Å². The lowest BCUT2D eigenvalue weighted by Crippen LogP contribution is -2.16. The van der Waals surface area contributed by atoms with E-state index in [-0.39, 0.29) is 21.7 Å². The number of hydrogen-bond donors (Lipinski definition) is 0. The first-order chi connectivity index (χ1) is 42.2. The van der Waals surface area contributed by atoms with Gasteiger partial charge in [0.25, 0.3) is 0 Å². The van der Waals surface area contributed by atoms with Crippen LogP contribution in [0.1, 0.15) is 122 Å². The molecule has 0 spiro atoms. The van der Waals surface area contributed by atoms with E-state index in [1.54, 1.807) is 0 Å². The SMILES string of the molecule is Cc1cc(C)cc(-c2ccccc2-c2ccc3c(c2)C(C)(C)c2cc(-c4ccc5c(c4)C(C)(C)c4cc(-c6ccc7c(c6)C(C)(C)c6cc(-c8ccc9c(c8)C(C)(C)c8cc(-c%10ccccc%10-c%10cc(C)cc(C)c%10)ccc8-9)ccc6-7)ccc4-5)ccc2-3)c1. The van der Waals surface area contributed by atoms with Crippen LogP contribution in [0.15, 0.2) is 231 Å². The maximum absolute atomic E-state index is 2.49. The molecule has 0 nitrogen and oxygen atoms in total. The minimum Gasteiger partial charge on any atom is -0.0616 e. The van der Waals surface area contributed by atoms with Gasteiger partial charge in [-0.25, -0.2) is 0 Å². The van der Waals surface area contributed by atoms with E-state index >= 15 is 0 Å². The number of hydrogen-bond acceptors (Lipinski definition) is 0. The summed E-state index contributed by atoms with van der Waals surface area (Å²) < 4.78 is 0. The van der Waals surface area contributed by atoms with Crippen LogP contribution in [0.2, 0.25) is 0 Å². The van der Waals surface area contributed by atoms with E-state index in [9.17, 15) is 0 Å². The van der Waals surface area contributed by atoms with Gasteiger partial charge in [0.15, 0.2) is 0 Å². The standard InChI is InChI=1S/C88H74/c1-51-37-52(2)40-63(39-51)67-19-15-13-17-65(67)61-27-35-75-73-33-25-59(47-81(73)87(9,10)83(75)49-61)57-23-31-71-69-29-21-55(43-77(69)85(5,6)79(71)45-57)56-22-30-70-72-32-24-58(46-80(72)86(7,8)78(70)44-56)60-26-34-74-76-36-28-62(50-84(76)88(11,12)82(74)48-60)66-18-14-16-20-68(66)64-41-53(3)38-54(4)42-64/h13-50H,1-12H3. The van der Waals surface area contributed by atoms with E-state index in [2.05, 4.69) is 314 Å². The lowest BCUT2D eigenvalue weighted by atomic mass is 9.79. The fourth-order valence-corrected chi connectivity index (χ4v) is 16.6. The van der Waals surface area contributed by atoms with Crippen LogP contribution in [0.25, 0.3) is 122 Å². The number of aryl methyl sites for hydroxylation is 4. The largest absolute Gasteiger partial charge is 0.0616 e. The molecule has 0 bridgehead atoms. The molecular formula is C88H74. The molecule has 0 aromatic heterocycles. The molecule has 0 aliphatic heterocycles. The summed E-state index contributed by atoms with van der Waals surface area (Å²) in [5, 5.41) is 0. The van der Waals surface area contributed by atoms with Crippen molar-refractivity contribution in [2.24, 2.45) is 0 Å². The van der Waals surface area contributed by atoms with Crippen LogP contribution in [0.4, 0.5) is 0 Å². The van der Waals surface area contributed by atoms with Crippen molar-refractivity contribution in [3.05, 3.63) is 297 Å². The third-order valence-corrected chi connectivity index (χ3v) is 21.2. The zero-order valence-electron chi connectivity index (χ0n) is 52.9. The lowest BCUT2D eigenvalue weighted by molar-refractivity contribution is 0.659. The normalized spacial score (nSPS) is 15.2. The van der Waals surface area contributed by atoms with E-state index in [4.69, 9.17) is 0 Å². The lowest BCUT2D eigenvalue weighted by Gasteiger charge is -2.24. The molecule has 0 fully saturated rings. The van der Waals surface area contributed by atoms with E-state index < -0.39 is 0 Å². The zero-order chi connectivity index (χ0) is 60.5. The van der Waals surface area contributed by atoms with Crippen LogP contribution in [0, 0.1) is 27.7 Å². The molecule has 0 radical (unpaired) electrons. The van der Waals surface area contributed by atoms with Crippen LogP contribution >= 0.6 is 0 Å². The van der Waals surface area contributed by atoms with Gasteiger partial charge >= 0.3 is 0 Å². The quantitative estimate of drug-likeness (QED) is 0.149. The first kappa shape index (κ1) is 54.1. The minimum absolute atomic E-state index is 0.162. The van der Waals surface area contributed by atoms with Crippen molar-refractivity contribution in [2.45, 2.75) is 105 Å². The first-order valence-corrected chi connectivity index (χ1v) is 31.8. The van der Waals surface area contributed by atoms with Crippen molar-refractivity contribution < 1.29 is 0 Å². The van der Waals surface area contributed by atoms with Crippen LogP contribution in [0.3, 0.4) is 0 Å². The second kappa shape index (κ2) is 19.1. The van der Waals surface area contributed by atoms with Crippen molar-refractivity contribution in [3.8, 4) is 122 Å². The molecule has 426 valence electrons. The van der Waals surface area contributed by atoms with Crippen LogP contribution in [-0.4, -0.2) is 0 Å². The maximum Gasteiger partial charge on any atom is 0.0159 e. The topological polar surface area (TPSA) is 0 Å². The van der Waals surface area contributed by atoms with E-state index in [0.29, 0.717) is 0 Å². The summed E-state index contributed by atoms with van der Waals surface area (Å²) in [5.41, 5.74) is 44.2. The Kier molecular flexibility index (Phi) is 11.7. The second-order valence-corrected chi connectivity index (χ2v) is 28.4. The molecule has 0 atom stereocenters. The highest BCUT2D eigenvalue weighted by Crippen LogP contribution is 2.57. The smallest absolute Gasteiger partial charge is 0.0159 e. The molecule has 0 unspecified atom stereocenters. The van der Waals surface area contributed by atoms with Gasteiger partial charge in [0.05, 0.1) is 0 Å². The van der Waals surface area contributed by atoms with Crippen LogP contribution in [0.5, 0.6) is 0 Å². The van der Waals surface area contributed by atoms with Gasteiger partial charge in [-0.2, -0.15) is 0 Å². The molecule has 4 aliphatic rings. The molecule has 0 heterocycles. The number of benzene rings is 12. The van der Waals surface area contributed by atoms with Gasteiger partial charge in [0.1, 0.15) is 0 Å². The Morgan fingerprint density at radius 2 is 0.330 bits per heavy atom. The molecule has 12 aromatic carbocycles. The van der Waals surface area contributed by atoms with Gasteiger partial charge in [-0.15, -0.1) is 0 Å². The minimum atomic E-state index is -0.179. The molecule has 88 heavy (non-hydrogen) atoms. The van der Waals surface area contributed by atoms with Crippen LogP contribution < -0.4 is 0 Å². The fourth-order valence-electron chi connectivity index (χ4n) is 16.6. The highest BCUT2D eigenvalue weighted by Gasteiger charge is 2.41. The predicted octanol–water partition coefficient (Wildman–Crippen LogP) is 23.8. The zero-order valence-corrected chi connectivity index (χ0v) is 52.9. The average Bonchev–Trinajstić information content (AvgIpc) is 1.73. The summed E-state index contributed by atoms with van der Waals surface area (Å²) in [4.78, 5) is 0. The average molecular weight is 1130 g/mol. The first-order valence-electron chi connectivity index (χ1n) is 31.8. The Hall–Kier alpha value is -9.36. The van der Waals surface area contributed by atoms with Crippen molar-refractivity contribution in [1.82, 2.24) is 0 Å². The van der Waals surface area contributed by atoms with Crippen molar-refractivity contribution in [1.29, 1.82) is 0 Å². The summed E-state index contributed by atoms with van der Waals surface area (Å²) in [5.74, 6) is 0.